The molecule has 0 aromatic heterocycles. The molecule has 0 rings (SSSR count). The number of carbonyl (C=O) groups is 1. The van der Waals surface area contributed by atoms with Crippen molar-refractivity contribution in [3.05, 3.63) is 0 Å². The smallest absolute Gasteiger partial charge is 0.156 e. The normalized spacial score (nSPS) is 10.4. The second kappa shape index (κ2) is 2.27. The van der Waals surface area contributed by atoms with Crippen LogP contribution in [0.4, 0.5) is 0 Å². The molecular weight excluding hydrogens is 84.1 g/mol. The number of hydrogen-bond acceptors (Lipinski definition) is 1. The molecule has 5 heavy (non-hydrogen) atoms. The van der Waals surface area contributed by atoms with E-state index in [2.05, 4.69) is 0 Å². The van der Waals surface area contributed by atoms with Gasteiger partial charge in [0.05, 0.1) is 0 Å². The molecule has 0 fully saturated rings. The maximum atomic E-state index is 9.53. The topological polar surface area (TPSA) is 17.1 Å². The highest BCUT2D eigenvalue weighted by atomic mass is 32.2. The fourth-order valence-electron chi connectivity index (χ4n) is 0. The summed E-state index contributed by atoms with van der Waals surface area (Å²) in [5, 5.41) is 0. The second-order valence-electron chi connectivity index (χ2n) is 1.07. The fraction of sp³-hybridized carbons (Fsp3) is 0.667. The molecule has 0 atom stereocenters. The van der Waals surface area contributed by atoms with Crippen LogP contribution in [0.5, 0.6) is 0 Å². The first-order chi connectivity index (χ1) is 2.27. The van der Waals surface area contributed by atoms with E-state index in [4.69, 9.17) is 0 Å². The van der Waals surface area contributed by atoms with Gasteiger partial charge in [-0.05, 0) is 12.5 Å². The third-order valence-electron chi connectivity index (χ3n) is 0.211. The average molecular weight is 92.2 g/mol. The summed E-state index contributed by atoms with van der Waals surface area (Å²) in [5.74, 6) is 0. The Morgan fingerprint density at radius 2 is 1.80 bits per heavy atom. The molecule has 0 aliphatic rings. The van der Waals surface area contributed by atoms with E-state index in [1.54, 1.807) is 0 Å². The van der Waals surface area contributed by atoms with Crippen molar-refractivity contribution in [3.63, 3.8) is 0 Å². The molecule has 0 aliphatic carbocycles. The standard InChI is InChI=1S/C3H8OS/c1-5(2)3-4/h3,5H,1-2H3. The van der Waals surface area contributed by atoms with Gasteiger partial charge in [0.15, 0.2) is 5.62 Å². The van der Waals surface area contributed by atoms with E-state index < -0.39 is 0 Å². The minimum Gasteiger partial charge on any atom is -0.293 e. The van der Waals surface area contributed by atoms with Gasteiger partial charge in [0.1, 0.15) is 0 Å². The average Bonchev–Trinajstić information content (AvgIpc) is 1.38. The fourth-order valence-corrected chi connectivity index (χ4v) is 0. The number of thiol groups is 1. The Hall–Kier alpha value is 0.0200. The summed E-state index contributed by atoms with van der Waals surface area (Å²) in [6.07, 6.45) is 3.84. The summed E-state index contributed by atoms with van der Waals surface area (Å²) >= 11 is 0. The van der Waals surface area contributed by atoms with Crippen molar-refractivity contribution in [2.75, 3.05) is 12.5 Å². The van der Waals surface area contributed by atoms with Crippen molar-refractivity contribution in [3.8, 4) is 0 Å². The van der Waals surface area contributed by atoms with Crippen molar-refractivity contribution in [1.82, 2.24) is 0 Å². The third-order valence-corrected chi connectivity index (χ3v) is 0.632. The first kappa shape index (κ1) is 5.02. The van der Waals surface area contributed by atoms with Crippen molar-refractivity contribution in [2.24, 2.45) is 0 Å². The molecule has 0 unspecified atom stereocenters. The van der Waals surface area contributed by atoms with Gasteiger partial charge in [-0.1, -0.05) is 0 Å². The Kier molecular flexibility index (Phi) is 2.28. The van der Waals surface area contributed by atoms with Crippen LogP contribution in [0.15, 0.2) is 0 Å². The van der Waals surface area contributed by atoms with Gasteiger partial charge in [-0.2, -0.15) is 0 Å². The maximum Gasteiger partial charge on any atom is 0.156 e. The van der Waals surface area contributed by atoms with Gasteiger partial charge in [0.2, 0.25) is 0 Å². The molecule has 0 bridgehead atoms. The summed E-state index contributed by atoms with van der Waals surface area (Å²) in [7, 11) is -0.279. The largest absolute Gasteiger partial charge is 0.293 e. The van der Waals surface area contributed by atoms with Crippen LogP contribution in [-0.4, -0.2) is 18.1 Å². The molecule has 0 saturated heterocycles. The van der Waals surface area contributed by atoms with E-state index in [0.29, 0.717) is 0 Å². The van der Waals surface area contributed by atoms with Gasteiger partial charge in [-0.25, -0.2) is 10.9 Å². The number of rotatable bonds is 1. The highest BCUT2D eigenvalue weighted by Gasteiger charge is 1.71. The van der Waals surface area contributed by atoms with Gasteiger partial charge in [-0.3, -0.25) is 4.79 Å². The van der Waals surface area contributed by atoms with Gasteiger partial charge in [-0.15, -0.1) is 0 Å². The van der Waals surface area contributed by atoms with Crippen LogP contribution < -0.4 is 0 Å². The molecule has 32 valence electrons. The first-order valence-corrected chi connectivity index (χ1v) is 3.69. The number of carbonyl (C=O) groups excluding carboxylic acids is 1. The number of hydrogen-bond donors (Lipinski definition) is 1. The minimum atomic E-state index is -0.279. The lowest BCUT2D eigenvalue weighted by Gasteiger charge is -1.87. The Bertz CT molecular complexity index is 33.9. The molecule has 0 heterocycles. The molecule has 0 N–H and O–H groups in total. The molecular formula is C3H8OS. The lowest BCUT2D eigenvalue weighted by atomic mass is 11.8. The first-order valence-electron chi connectivity index (χ1n) is 1.39. The lowest BCUT2D eigenvalue weighted by Crippen LogP contribution is -1.66. The van der Waals surface area contributed by atoms with Crippen LogP contribution in [0.25, 0.3) is 0 Å². The van der Waals surface area contributed by atoms with Crippen molar-refractivity contribution in [2.45, 2.75) is 0 Å². The maximum absolute atomic E-state index is 9.53. The Morgan fingerprint density at radius 1 is 1.60 bits per heavy atom. The highest BCUT2D eigenvalue weighted by Crippen LogP contribution is 2.03. The minimum absolute atomic E-state index is 0.279. The van der Waals surface area contributed by atoms with Crippen molar-refractivity contribution >= 4 is 16.5 Å². The lowest BCUT2D eigenvalue weighted by molar-refractivity contribution is 0.570. The predicted molar refractivity (Wildman–Crippen MR) is 27.6 cm³/mol. The van der Waals surface area contributed by atoms with E-state index in [-0.39, 0.29) is 10.9 Å². The van der Waals surface area contributed by atoms with E-state index >= 15 is 0 Å². The van der Waals surface area contributed by atoms with Crippen LogP contribution in [0, 0.1) is 0 Å². The van der Waals surface area contributed by atoms with Crippen LogP contribution >= 0.6 is 10.9 Å². The summed E-state index contributed by atoms with van der Waals surface area (Å²) in [6.45, 7) is 0. The summed E-state index contributed by atoms with van der Waals surface area (Å²) in [5.41, 5.74) is 0.981. The molecule has 0 spiro atoms. The van der Waals surface area contributed by atoms with Gasteiger partial charge in [0.25, 0.3) is 0 Å². The van der Waals surface area contributed by atoms with Gasteiger partial charge < -0.3 is 0 Å². The molecule has 0 aromatic rings. The van der Waals surface area contributed by atoms with E-state index in [1.807, 2.05) is 12.5 Å². The Labute approximate surface area is 34.7 Å². The van der Waals surface area contributed by atoms with Crippen LogP contribution in [0.2, 0.25) is 0 Å². The molecule has 0 radical (unpaired) electrons. The molecule has 0 aromatic carbocycles. The van der Waals surface area contributed by atoms with Gasteiger partial charge in [0, 0.05) is 0 Å². The molecule has 0 amide bonds. The predicted octanol–water partition coefficient (Wildman–Crippen LogP) is 0.437. The van der Waals surface area contributed by atoms with Crippen molar-refractivity contribution < 1.29 is 4.79 Å². The van der Waals surface area contributed by atoms with E-state index in [9.17, 15) is 4.79 Å². The summed E-state index contributed by atoms with van der Waals surface area (Å²) in [6, 6.07) is 0. The third kappa shape index (κ3) is 4.02. The van der Waals surface area contributed by atoms with Crippen LogP contribution in [0.1, 0.15) is 0 Å². The highest BCUT2D eigenvalue weighted by molar-refractivity contribution is 8.27. The van der Waals surface area contributed by atoms with Crippen LogP contribution in [0.3, 0.4) is 0 Å². The molecule has 0 saturated carbocycles. The van der Waals surface area contributed by atoms with Crippen LogP contribution in [-0.2, 0) is 4.79 Å². The van der Waals surface area contributed by atoms with Crippen molar-refractivity contribution in [1.29, 1.82) is 0 Å². The summed E-state index contributed by atoms with van der Waals surface area (Å²) in [4.78, 5) is 9.53. The van der Waals surface area contributed by atoms with E-state index in [0.717, 1.165) is 5.62 Å². The quantitative estimate of drug-likeness (QED) is 0.367. The zero-order valence-electron chi connectivity index (χ0n) is 3.43. The zero-order chi connectivity index (χ0) is 4.28. The van der Waals surface area contributed by atoms with E-state index in [1.165, 1.54) is 0 Å². The Morgan fingerprint density at radius 3 is 1.80 bits per heavy atom. The van der Waals surface area contributed by atoms with Gasteiger partial charge >= 0.3 is 0 Å². The molecule has 0 aliphatic heterocycles. The second-order valence-corrected chi connectivity index (χ2v) is 3.21. The Balaban J connectivity index is 2.83. The monoisotopic (exact) mass is 92.0 g/mol. The molecule has 1 nitrogen and oxygen atoms in total. The molecule has 2 heteroatoms. The SMILES string of the molecule is C[SH](C)C=O. The summed E-state index contributed by atoms with van der Waals surface area (Å²) < 4.78 is 0. The zero-order valence-corrected chi connectivity index (χ0v) is 4.33.